The molecule has 56 heavy (non-hydrogen) atoms. The predicted molar refractivity (Wildman–Crippen MR) is 239 cm³/mol. The topological polar surface area (TPSA) is 18.5 Å². The van der Waals surface area contributed by atoms with E-state index in [0.29, 0.717) is 17.6 Å². The Balaban J connectivity index is 0.000000130. The Morgan fingerprint density at radius 1 is 0.500 bits per heavy atom. The molecule has 2 nitrogen and oxygen atoms in total. The molecule has 8 aliphatic carbocycles. The molecular weight excluding hydrogens is 681 g/mol. The van der Waals surface area contributed by atoms with Gasteiger partial charge in [0.25, 0.3) is 0 Å². The Labute approximate surface area is 341 Å². The van der Waals surface area contributed by atoms with Gasteiger partial charge in [0.2, 0.25) is 0 Å². The van der Waals surface area contributed by atoms with Gasteiger partial charge in [-0.3, -0.25) is 0 Å². The maximum absolute atomic E-state index is 5.60. The molecule has 6 unspecified atom stereocenters. The zero-order valence-electron chi connectivity index (χ0n) is 36.6. The van der Waals surface area contributed by atoms with Crippen LogP contribution in [-0.4, -0.2) is 26.4 Å². The van der Waals surface area contributed by atoms with E-state index in [2.05, 4.69) is 140 Å². The number of hydrogen-bond acceptors (Lipinski definition) is 2. The third-order valence-electron chi connectivity index (χ3n) is 14.8. The zero-order chi connectivity index (χ0) is 40.0. The second-order valence-corrected chi connectivity index (χ2v) is 18.2. The van der Waals surface area contributed by atoms with E-state index < -0.39 is 0 Å². The van der Waals surface area contributed by atoms with Crippen molar-refractivity contribution in [2.75, 3.05) is 14.2 Å². The lowest BCUT2D eigenvalue weighted by atomic mass is 9.80. The van der Waals surface area contributed by atoms with E-state index in [4.69, 9.17) is 9.47 Å². The van der Waals surface area contributed by atoms with Gasteiger partial charge in [0, 0.05) is 19.6 Å². The third kappa shape index (κ3) is 9.29. The Morgan fingerprint density at radius 3 is 1.21 bits per heavy atom. The molecule has 0 radical (unpaired) electrons. The van der Waals surface area contributed by atoms with Gasteiger partial charge in [0.1, 0.15) is 0 Å². The highest BCUT2D eigenvalue weighted by molar-refractivity contribution is 5.76. The van der Waals surface area contributed by atoms with E-state index in [-0.39, 0.29) is 0 Å². The quantitative estimate of drug-likeness (QED) is 0.194. The molecule has 300 valence electrons. The van der Waals surface area contributed by atoms with Crippen molar-refractivity contribution in [2.45, 2.75) is 138 Å². The minimum atomic E-state index is 0.378. The molecule has 3 saturated carbocycles. The van der Waals surface area contributed by atoms with E-state index in [0.717, 1.165) is 49.4 Å². The summed E-state index contributed by atoms with van der Waals surface area (Å²) >= 11 is 0. The van der Waals surface area contributed by atoms with Crippen LogP contribution in [0, 0.1) is 70.6 Å². The number of rotatable bonds is 3. The summed E-state index contributed by atoms with van der Waals surface area (Å²) in [5.41, 5.74) is 17.5. The summed E-state index contributed by atoms with van der Waals surface area (Å²) in [6.45, 7) is 18.0. The van der Waals surface area contributed by atoms with Gasteiger partial charge in [-0.1, -0.05) is 112 Å². The molecule has 2 heteroatoms. The predicted octanol–water partition coefficient (Wildman–Crippen LogP) is 13.6. The molecule has 1 spiro atoms. The number of methoxy groups -OCH3 is 2. The number of fused-ring (bicyclic) bond motifs is 2. The molecule has 4 aromatic rings. The summed E-state index contributed by atoms with van der Waals surface area (Å²) in [5, 5.41) is 0. The summed E-state index contributed by atoms with van der Waals surface area (Å²) in [6.07, 6.45) is 19.5. The first-order valence-corrected chi connectivity index (χ1v) is 22.0. The van der Waals surface area contributed by atoms with Gasteiger partial charge in [-0.2, -0.15) is 0 Å². The molecule has 6 atom stereocenters. The normalized spacial score (nSPS) is 26.8. The highest BCUT2D eigenvalue weighted by Gasteiger charge is 2.51. The van der Waals surface area contributed by atoms with Crippen LogP contribution >= 0.6 is 0 Å². The van der Waals surface area contributed by atoms with Crippen molar-refractivity contribution < 1.29 is 9.47 Å². The van der Waals surface area contributed by atoms with Gasteiger partial charge in [-0.05, 0) is 190 Å². The van der Waals surface area contributed by atoms with E-state index in [1.54, 1.807) is 0 Å². The van der Waals surface area contributed by atoms with Crippen LogP contribution in [0.1, 0.15) is 114 Å². The molecule has 8 aliphatic rings. The maximum atomic E-state index is 5.60. The first kappa shape index (κ1) is 42.2. The van der Waals surface area contributed by atoms with Gasteiger partial charge in [0.05, 0.1) is 12.2 Å². The monoisotopic (exact) mass is 753 g/mol. The molecule has 3 fully saturated rings. The summed E-state index contributed by atoms with van der Waals surface area (Å²) in [7, 11) is 3.70. The first-order chi connectivity index (χ1) is 26.9. The van der Waals surface area contributed by atoms with Crippen molar-refractivity contribution >= 4 is 0 Å². The van der Waals surface area contributed by atoms with Crippen LogP contribution in [-0.2, 0) is 35.2 Å². The van der Waals surface area contributed by atoms with Crippen LogP contribution in [0.4, 0.5) is 0 Å². The lowest BCUT2D eigenvalue weighted by molar-refractivity contribution is -0.0683. The maximum Gasteiger partial charge on any atom is 0.0652 e. The molecule has 0 N–H and O–H groups in total. The molecule has 4 aromatic carbocycles. The van der Waals surface area contributed by atoms with E-state index >= 15 is 0 Å². The van der Waals surface area contributed by atoms with Crippen LogP contribution in [0.15, 0.2) is 84.9 Å². The van der Waals surface area contributed by atoms with Crippen LogP contribution < -0.4 is 0 Å². The Hall–Kier alpha value is -3.46. The second-order valence-electron chi connectivity index (χ2n) is 18.2. The molecule has 0 aromatic heterocycles. The Bertz CT molecular complexity index is 1770. The average molecular weight is 753 g/mol. The third-order valence-corrected chi connectivity index (χ3v) is 14.8. The molecule has 12 rings (SSSR count). The van der Waals surface area contributed by atoms with Gasteiger partial charge in [0.15, 0.2) is 0 Å². The number of allylic oxidation sites excluding steroid dienone is 2. The molecule has 0 saturated heterocycles. The van der Waals surface area contributed by atoms with E-state index in [1.807, 2.05) is 14.2 Å². The number of ether oxygens (including phenoxy) is 2. The van der Waals surface area contributed by atoms with Crippen molar-refractivity contribution in [3.8, 4) is 11.1 Å². The summed E-state index contributed by atoms with van der Waals surface area (Å²) in [5.74, 6) is 3.79. The number of hydrogen-bond donors (Lipinski definition) is 0. The van der Waals surface area contributed by atoms with E-state index in [9.17, 15) is 0 Å². The number of benzene rings is 4. The molecule has 6 bridgehead atoms. The average Bonchev–Trinajstić information content (AvgIpc) is 3.98. The van der Waals surface area contributed by atoms with Gasteiger partial charge < -0.3 is 9.47 Å². The smallest absolute Gasteiger partial charge is 0.0652 e. The van der Waals surface area contributed by atoms with Gasteiger partial charge >= 0.3 is 0 Å². The van der Waals surface area contributed by atoms with E-state index in [1.165, 1.54) is 112 Å². The van der Waals surface area contributed by atoms with Crippen molar-refractivity contribution in [1.82, 2.24) is 0 Å². The fourth-order valence-corrected chi connectivity index (χ4v) is 11.2. The Kier molecular flexibility index (Phi) is 14.2. The fourth-order valence-electron chi connectivity index (χ4n) is 11.2. The summed E-state index contributed by atoms with van der Waals surface area (Å²) in [6, 6.07) is 27.0. The molecule has 0 aliphatic heterocycles. The molecule has 0 heterocycles. The minimum Gasteiger partial charge on any atom is -0.381 e. The minimum absolute atomic E-state index is 0.378. The standard InChI is InChI=1S/C18H20.C16H18.C11H20O2.C9H14/c1-13-11-15-3-7-17(13)9-5-16-4-8-18(10-6-15)14(2)12-16;1-11-7-5-8-12(2)15(11)16-13(3)9-6-10-14(16)4;1-12-9-5-3-7-11(9)8-4-6-10(11)13-2;1-6-7(2)9-4-3-8(6)5-9/h3-4,7-8,11-12H,5-6,9-10H2,1-2H3;5-10H,1-4H3;9-10H,3-8H2,1-2H3;3-4,6-9H,5H2,1-2H3. The highest BCUT2D eigenvalue weighted by atomic mass is 16.5. The van der Waals surface area contributed by atoms with Crippen LogP contribution in [0.25, 0.3) is 11.1 Å². The summed E-state index contributed by atoms with van der Waals surface area (Å²) in [4.78, 5) is 0. The van der Waals surface area contributed by atoms with Crippen LogP contribution in [0.2, 0.25) is 0 Å². The van der Waals surface area contributed by atoms with Crippen molar-refractivity contribution in [3.05, 3.63) is 141 Å². The SMILES string of the molecule is CC1C2C=CC(C2)C1C.COC1CCCC12CCCC2OC.Cc1cc2ccc1CCc1ccc(c(C)c1)CC2.Cc1cccc(C)c1-c1c(C)cccc1C. The van der Waals surface area contributed by atoms with Crippen LogP contribution in [0.3, 0.4) is 0 Å². The molecule has 0 amide bonds. The van der Waals surface area contributed by atoms with Crippen molar-refractivity contribution in [2.24, 2.45) is 29.1 Å². The summed E-state index contributed by atoms with van der Waals surface area (Å²) < 4.78 is 11.2. The zero-order valence-corrected chi connectivity index (χ0v) is 36.6. The molecular formula is C54H72O2. The largest absolute Gasteiger partial charge is 0.381 e. The van der Waals surface area contributed by atoms with Gasteiger partial charge in [-0.25, -0.2) is 0 Å². The Morgan fingerprint density at radius 2 is 0.893 bits per heavy atom. The van der Waals surface area contributed by atoms with Crippen molar-refractivity contribution in [3.63, 3.8) is 0 Å². The number of aryl methyl sites for hydroxylation is 10. The second kappa shape index (κ2) is 18.9. The first-order valence-electron chi connectivity index (χ1n) is 22.0. The fraction of sp³-hybridized carbons (Fsp3) is 0.519. The lowest BCUT2D eigenvalue weighted by Gasteiger charge is -2.35. The lowest BCUT2D eigenvalue weighted by Crippen LogP contribution is -2.39. The van der Waals surface area contributed by atoms with Gasteiger partial charge in [-0.15, -0.1) is 0 Å². The van der Waals surface area contributed by atoms with Crippen LogP contribution in [0.5, 0.6) is 0 Å². The highest BCUT2D eigenvalue weighted by Crippen LogP contribution is 2.53. The van der Waals surface area contributed by atoms with Crippen molar-refractivity contribution in [1.29, 1.82) is 0 Å².